The fourth-order valence-electron chi connectivity index (χ4n) is 1.49. The number of carbonyl (C=O) groups is 3. The van der Waals surface area contributed by atoms with Gasteiger partial charge in [-0.3, -0.25) is 9.59 Å². The van der Waals surface area contributed by atoms with Crippen molar-refractivity contribution in [1.29, 1.82) is 0 Å². The lowest BCUT2D eigenvalue weighted by molar-refractivity contribution is -0.141. The van der Waals surface area contributed by atoms with Gasteiger partial charge < -0.3 is 21.1 Å². The minimum Gasteiger partial charge on any atom is -0.481 e. The summed E-state index contributed by atoms with van der Waals surface area (Å²) in [6.07, 6.45) is 1.06. The molecular formula is C12H23N3O4. The summed E-state index contributed by atoms with van der Waals surface area (Å²) < 4.78 is 0. The molecule has 0 aliphatic carbocycles. The zero-order valence-corrected chi connectivity index (χ0v) is 11.7. The number of aliphatic carboxylic acids is 1. The van der Waals surface area contributed by atoms with Crippen LogP contribution in [0.25, 0.3) is 0 Å². The number of nitrogens with two attached hydrogens (primary N) is 1. The van der Waals surface area contributed by atoms with Gasteiger partial charge in [0, 0.05) is 12.6 Å². The molecule has 7 heteroatoms. The summed E-state index contributed by atoms with van der Waals surface area (Å²) in [4.78, 5) is 34.6. The van der Waals surface area contributed by atoms with Crippen LogP contribution < -0.4 is 11.1 Å². The first-order valence-corrected chi connectivity index (χ1v) is 6.31. The summed E-state index contributed by atoms with van der Waals surface area (Å²) in [5.74, 6) is -1.84. The summed E-state index contributed by atoms with van der Waals surface area (Å²) in [6, 6.07) is -0.498. The van der Waals surface area contributed by atoms with Gasteiger partial charge in [0.1, 0.15) is 6.54 Å². The van der Waals surface area contributed by atoms with Gasteiger partial charge in [0.15, 0.2) is 0 Å². The fraction of sp³-hybridized carbons (Fsp3) is 0.750. The lowest BCUT2D eigenvalue weighted by Gasteiger charge is -2.25. The number of carboxylic acid groups (broad SMARTS) is 1. The van der Waals surface area contributed by atoms with Crippen molar-refractivity contribution in [2.45, 2.75) is 39.7 Å². The first kappa shape index (κ1) is 17.2. The Kier molecular flexibility index (Phi) is 7.55. The molecule has 7 nitrogen and oxygen atoms in total. The molecule has 0 aliphatic heterocycles. The predicted molar refractivity (Wildman–Crippen MR) is 70.5 cm³/mol. The van der Waals surface area contributed by atoms with Gasteiger partial charge >= 0.3 is 12.0 Å². The first-order valence-electron chi connectivity index (χ1n) is 6.31. The van der Waals surface area contributed by atoms with Crippen LogP contribution in [-0.2, 0) is 9.59 Å². The number of rotatable bonds is 8. The number of urea groups is 1. The van der Waals surface area contributed by atoms with E-state index in [4.69, 9.17) is 10.8 Å². The second-order valence-corrected chi connectivity index (χ2v) is 4.80. The van der Waals surface area contributed by atoms with Crippen LogP contribution in [0.3, 0.4) is 0 Å². The Morgan fingerprint density at radius 3 is 2.26 bits per heavy atom. The average Bonchev–Trinajstić information content (AvgIpc) is 2.30. The molecule has 0 bridgehead atoms. The summed E-state index contributed by atoms with van der Waals surface area (Å²) in [7, 11) is 0. The molecular weight excluding hydrogens is 250 g/mol. The Hall–Kier alpha value is -1.79. The summed E-state index contributed by atoms with van der Waals surface area (Å²) >= 11 is 0. The number of hydrogen-bond acceptors (Lipinski definition) is 3. The highest BCUT2D eigenvalue weighted by molar-refractivity contribution is 5.83. The van der Waals surface area contributed by atoms with Crippen molar-refractivity contribution in [3.8, 4) is 0 Å². The number of amides is 3. The molecule has 110 valence electrons. The van der Waals surface area contributed by atoms with Gasteiger partial charge in [-0.05, 0) is 26.7 Å². The van der Waals surface area contributed by atoms with Gasteiger partial charge in [0.05, 0.1) is 5.92 Å². The molecule has 0 saturated carbocycles. The van der Waals surface area contributed by atoms with Gasteiger partial charge in [-0.1, -0.05) is 6.92 Å². The van der Waals surface area contributed by atoms with E-state index in [1.54, 1.807) is 20.8 Å². The highest BCUT2D eigenvalue weighted by atomic mass is 16.4. The molecule has 0 spiro atoms. The van der Waals surface area contributed by atoms with E-state index in [0.29, 0.717) is 19.4 Å². The largest absolute Gasteiger partial charge is 0.481 e. The molecule has 1 unspecified atom stereocenters. The third kappa shape index (κ3) is 7.28. The molecule has 0 aliphatic rings. The van der Waals surface area contributed by atoms with Gasteiger partial charge in [0.2, 0.25) is 5.91 Å². The monoisotopic (exact) mass is 273 g/mol. The van der Waals surface area contributed by atoms with E-state index >= 15 is 0 Å². The third-order valence-corrected chi connectivity index (χ3v) is 2.72. The van der Waals surface area contributed by atoms with Crippen molar-refractivity contribution < 1.29 is 19.5 Å². The molecule has 0 saturated heterocycles. The standard InChI is InChI=1S/C12H23N3O4/c1-8(2)15(7-10(13)16)12(19)14-6-4-5-9(3)11(17)18/h8-9H,4-7H2,1-3H3,(H2,13,16)(H,14,19)(H,17,18). The molecule has 1 atom stereocenters. The number of carboxylic acids is 1. The molecule has 0 radical (unpaired) electrons. The summed E-state index contributed by atoms with van der Waals surface area (Å²) in [5.41, 5.74) is 5.07. The van der Waals surface area contributed by atoms with Crippen LogP contribution in [0.1, 0.15) is 33.6 Å². The molecule has 0 fully saturated rings. The summed E-state index contributed by atoms with van der Waals surface area (Å²) in [5, 5.41) is 11.4. The lowest BCUT2D eigenvalue weighted by Crippen LogP contribution is -2.48. The number of nitrogens with zero attached hydrogens (tertiary/aromatic N) is 1. The van der Waals surface area contributed by atoms with Crippen LogP contribution in [0, 0.1) is 5.92 Å². The normalized spacial score (nSPS) is 12.0. The molecule has 0 heterocycles. The van der Waals surface area contributed by atoms with E-state index < -0.39 is 17.8 Å². The van der Waals surface area contributed by atoms with Crippen LogP contribution in [0.5, 0.6) is 0 Å². The van der Waals surface area contributed by atoms with Crippen molar-refractivity contribution in [1.82, 2.24) is 10.2 Å². The van der Waals surface area contributed by atoms with E-state index in [1.807, 2.05) is 0 Å². The number of hydrogen-bond donors (Lipinski definition) is 3. The van der Waals surface area contributed by atoms with E-state index in [0.717, 1.165) is 0 Å². The van der Waals surface area contributed by atoms with Crippen molar-refractivity contribution >= 4 is 17.9 Å². The highest BCUT2D eigenvalue weighted by Gasteiger charge is 2.18. The van der Waals surface area contributed by atoms with Crippen LogP contribution in [0.4, 0.5) is 4.79 Å². The topological polar surface area (TPSA) is 113 Å². The molecule has 4 N–H and O–H groups in total. The molecule has 0 aromatic heterocycles. The molecule has 0 rings (SSSR count). The van der Waals surface area contributed by atoms with Gasteiger partial charge in [-0.15, -0.1) is 0 Å². The average molecular weight is 273 g/mol. The molecule has 0 aromatic rings. The molecule has 3 amide bonds. The van der Waals surface area contributed by atoms with E-state index in [9.17, 15) is 14.4 Å². The van der Waals surface area contributed by atoms with Crippen molar-refractivity contribution in [2.24, 2.45) is 11.7 Å². The number of nitrogens with one attached hydrogen (secondary N) is 1. The number of carbonyl (C=O) groups excluding carboxylic acids is 2. The minimum absolute atomic E-state index is 0.130. The Morgan fingerprint density at radius 1 is 1.26 bits per heavy atom. The minimum atomic E-state index is -0.844. The summed E-state index contributed by atoms with van der Waals surface area (Å²) in [6.45, 7) is 5.44. The second kappa shape index (κ2) is 8.34. The smallest absolute Gasteiger partial charge is 0.318 e. The second-order valence-electron chi connectivity index (χ2n) is 4.80. The van der Waals surface area contributed by atoms with Gasteiger partial charge in [0.25, 0.3) is 0 Å². The van der Waals surface area contributed by atoms with Crippen LogP contribution >= 0.6 is 0 Å². The fourth-order valence-corrected chi connectivity index (χ4v) is 1.49. The van der Waals surface area contributed by atoms with Crippen LogP contribution in [0.2, 0.25) is 0 Å². The van der Waals surface area contributed by atoms with Gasteiger partial charge in [-0.25, -0.2) is 4.79 Å². The quantitative estimate of drug-likeness (QED) is 0.555. The highest BCUT2D eigenvalue weighted by Crippen LogP contribution is 2.04. The van der Waals surface area contributed by atoms with Crippen molar-refractivity contribution in [2.75, 3.05) is 13.1 Å². The Labute approximate surface area is 113 Å². The SMILES string of the molecule is CC(CCCNC(=O)N(CC(N)=O)C(C)C)C(=O)O. The molecule has 19 heavy (non-hydrogen) atoms. The van der Waals surface area contributed by atoms with E-state index in [2.05, 4.69) is 5.32 Å². The zero-order valence-electron chi connectivity index (χ0n) is 11.7. The van der Waals surface area contributed by atoms with E-state index in [-0.39, 0.29) is 18.6 Å². The Morgan fingerprint density at radius 2 is 1.84 bits per heavy atom. The van der Waals surface area contributed by atoms with Gasteiger partial charge in [-0.2, -0.15) is 0 Å². The van der Waals surface area contributed by atoms with Crippen LogP contribution in [-0.4, -0.2) is 47.0 Å². The Bertz CT molecular complexity index is 331. The van der Waals surface area contributed by atoms with Crippen molar-refractivity contribution in [3.63, 3.8) is 0 Å². The van der Waals surface area contributed by atoms with Crippen molar-refractivity contribution in [3.05, 3.63) is 0 Å². The maximum absolute atomic E-state index is 11.8. The maximum Gasteiger partial charge on any atom is 0.318 e. The van der Waals surface area contributed by atoms with E-state index in [1.165, 1.54) is 4.90 Å². The lowest BCUT2D eigenvalue weighted by atomic mass is 10.1. The van der Waals surface area contributed by atoms with Crippen LogP contribution in [0.15, 0.2) is 0 Å². The zero-order chi connectivity index (χ0) is 15.0. The maximum atomic E-state index is 11.8. The molecule has 0 aromatic carbocycles. The Balaban J connectivity index is 4.07. The predicted octanol–water partition coefficient (Wildman–Crippen LogP) is 0.393. The number of primary amides is 1. The first-order chi connectivity index (χ1) is 8.75. The third-order valence-electron chi connectivity index (χ3n) is 2.72.